The van der Waals surface area contributed by atoms with Gasteiger partial charge in [0.25, 0.3) is 0 Å². The van der Waals surface area contributed by atoms with Crippen molar-refractivity contribution in [2.75, 3.05) is 49.6 Å². The highest BCUT2D eigenvalue weighted by atomic mass is 16.3. The quantitative estimate of drug-likeness (QED) is 0.610. The number of nitriles is 1. The van der Waals surface area contributed by atoms with Crippen LogP contribution in [0.4, 0.5) is 11.4 Å². The number of benzene rings is 2. The van der Waals surface area contributed by atoms with Crippen LogP contribution >= 0.6 is 0 Å². The third-order valence-electron chi connectivity index (χ3n) is 5.98. The number of nitrogens with one attached hydrogen (secondary N) is 2. The summed E-state index contributed by atoms with van der Waals surface area (Å²) >= 11 is 0. The molecule has 0 unspecified atom stereocenters. The van der Waals surface area contributed by atoms with Gasteiger partial charge >= 0.3 is 0 Å². The van der Waals surface area contributed by atoms with Crippen LogP contribution in [0.25, 0.3) is 16.6 Å². The van der Waals surface area contributed by atoms with Crippen LogP contribution in [0.5, 0.6) is 0 Å². The van der Waals surface area contributed by atoms with Crippen LogP contribution in [0.15, 0.2) is 48.2 Å². The summed E-state index contributed by atoms with van der Waals surface area (Å²) in [5.74, 6) is 0.775. The number of fused-ring (bicyclic) bond motifs is 1. The lowest BCUT2D eigenvalue weighted by atomic mass is 10.2. The summed E-state index contributed by atoms with van der Waals surface area (Å²) in [6, 6.07) is 15.2. The third kappa shape index (κ3) is 3.39. The first kappa shape index (κ1) is 19.2. The summed E-state index contributed by atoms with van der Waals surface area (Å²) in [4.78, 5) is 14.3. The van der Waals surface area contributed by atoms with E-state index in [0.717, 1.165) is 48.6 Å². The summed E-state index contributed by atoms with van der Waals surface area (Å²) in [6.45, 7) is 4.24. The van der Waals surface area contributed by atoms with Gasteiger partial charge in [-0.05, 0) is 49.5 Å². The van der Waals surface area contributed by atoms with E-state index in [1.807, 2.05) is 6.07 Å². The van der Waals surface area contributed by atoms with E-state index in [4.69, 9.17) is 10.7 Å². The number of H-pyrrole nitrogens is 1. The fourth-order valence-corrected chi connectivity index (χ4v) is 4.14. The maximum atomic E-state index is 10.6. The minimum absolute atomic E-state index is 0.104. The molecule has 1 aromatic heterocycles. The normalized spacial score (nSPS) is 17.6. The fraction of sp³-hybridized carbons (Fsp3) is 0.261. The molecule has 3 aromatic rings. The van der Waals surface area contributed by atoms with E-state index in [-0.39, 0.29) is 18.1 Å². The first-order valence-electron chi connectivity index (χ1n) is 10.3. The smallest absolute Gasteiger partial charge is 0.145 e. The molecule has 2 aliphatic rings. The van der Waals surface area contributed by atoms with Gasteiger partial charge < -0.3 is 24.8 Å². The molecule has 8 nitrogen and oxygen atoms in total. The van der Waals surface area contributed by atoms with Crippen molar-refractivity contribution < 1.29 is 5.11 Å². The molecule has 31 heavy (non-hydrogen) atoms. The van der Waals surface area contributed by atoms with Crippen LogP contribution in [-0.4, -0.2) is 65.6 Å². The predicted octanol–water partition coefficient (Wildman–Crippen LogP) is 2.95. The molecule has 0 amide bonds. The summed E-state index contributed by atoms with van der Waals surface area (Å²) in [6.07, 6.45) is 0. The number of rotatable bonds is 3. The van der Waals surface area contributed by atoms with Gasteiger partial charge in [-0.15, -0.1) is 0 Å². The highest BCUT2D eigenvalue weighted by Gasteiger charge is 2.31. The first-order valence-corrected chi connectivity index (χ1v) is 10.3. The Kier molecular flexibility index (Phi) is 4.60. The molecule has 1 saturated heterocycles. The minimum Gasteiger partial charge on any atom is -0.509 e. The number of aromatic nitrogens is 2. The molecule has 2 aromatic carbocycles. The van der Waals surface area contributed by atoms with Crippen molar-refractivity contribution in [1.82, 2.24) is 14.9 Å². The van der Waals surface area contributed by atoms with Crippen molar-refractivity contribution in [3.05, 3.63) is 59.6 Å². The third-order valence-corrected chi connectivity index (χ3v) is 5.98. The van der Waals surface area contributed by atoms with E-state index in [2.05, 4.69) is 45.0 Å². The summed E-state index contributed by atoms with van der Waals surface area (Å²) in [5.41, 5.74) is 4.55. The van der Waals surface area contributed by atoms with Crippen molar-refractivity contribution in [3.63, 3.8) is 0 Å². The molecular formula is C23H23N7O. The Balaban J connectivity index is 1.42. The monoisotopic (exact) mass is 413 g/mol. The van der Waals surface area contributed by atoms with Crippen molar-refractivity contribution >= 4 is 33.8 Å². The van der Waals surface area contributed by atoms with Crippen LogP contribution in [0.1, 0.15) is 11.4 Å². The Bertz CT molecular complexity index is 1230. The number of aliphatic hydroxyl groups excluding tert-OH is 1. The van der Waals surface area contributed by atoms with E-state index in [1.54, 1.807) is 29.2 Å². The number of hydrogen-bond acceptors (Lipinski definition) is 6. The Morgan fingerprint density at radius 3 is 2.48 bits per heavy atom. The topological polar surface area (TPSA) is 106 Å². The highest BCUT2D eigenvalue weighted by molar-refractivity contribution is 6.30. The van der Waals surface area contributed by atoms with Crippen LogP contribution in [0.3, 0.4) is 0 Å². The average molecular weight is 413 g/mol. The summed E-state index contributed by atoms with van der Waals surface area (Å²) in [5, 5.41) is 28.2. The van der Waals surface area contributed by atoms with E-state index >= 15 is 0 Å². The molecule has 0 saturated carbocycles. The van der Waals surface area contributed by atoms with Crippen molar-refractivity contribution in [2.24, 2.45) is 0 Å². The number of aromatic amines is 1. The summed E-state index contributed by atoms with van der Waals surface area (Å²) < 4.78 is 0. The van der Waals surface area contributed by atoms with Gasteiger partial charge in [0.1, 0.15) is 17.4 Å². The number of imidazole rings is 1. The second-order valence-corrected chi connectivity index (χ2v) is 7.99. The zero-order valence-corrected chi connectivity index (χ0v) is 17.3. The lowest BCUT2D eigenvalue weighted by Crippen LogP contribution is -2.44. The molecule has 8 heteroatoms. The van der Waals surface area contributed by atoms with Gasteiger partial charge in [0.05, 0.1) is 34.8 Å². The van der Waals surface area contributed by atoms with Crippen LogP contribution in [0.2, 0.25) is 0 Å². The number of anilines is 2. The molecule has 3 N–H and O–H groups in total. The fourth-order valence-electron chi connectivity index (χ4n) is 4.14. The van der Waals surface area contributed by atoms with Crippen LogP contribution in [-0.2, 0) is 0 Å². The second kappa shape index (κ2) is 7.45. The van der Waals surface area contributed by atoms with Gasteiger partial charge in [0, 0.05) is 37.6 Å². The maximum Gasteiger partial charge on any atom is 0.145 e. The van der Waals surface area contributed by atoms with Gasteiger partial charge in [0.2, 0.25) is 0 Å². The average Bonchev–Trinajstić information content (AvgIpc) is 3.33. The van der Waals surface area contributed by atoms with Gasteiger partial charge in [-0.2, -0.15) is 5.26 Å². The van der Waals surface area contributed by atoms with Crippen molar-refractivity contribution in [2.45, 2.75) is 0 Å². The second-order valence-electron chi connectivity index (χ2n) is 7.99. The van der Waals surface area contributed by atoms with Gasteiger partial charge in [-0.25, -0.2) is 4.98 Å². The molecule has 0 atom stereocenters. The number of piperazine rings is 1. The Morgan fingerprint density at radius 2 is 1.77 bits per heavy atom. The van der Waals surface area contributed by atoms with Gasteiger partial charge in [-0.1, -0.05) is 0 Å². The number of likely N-dealkylation sites (N-methyl/N-ethyl adjacent to an activating group) is 1. The van der Waals surface area contributed by atoms with E-state index in [1.165, 1.54) is 0 Å². The van der Waals surface area contributed by atoms with Crippen molar-refractivity contribution in [1.29, 1.82) is 10.7 Å². The lowest BCUT2D eigenvalue weighted by molar-refractivity contribution is 0.313. The van der Waals surface area contributed by atoms with Crippen LogP contribution in [0, 0.1) is 16.7 Å². The molecule has 0 aliphatic carbocycles. The number of aliphatic hydroxyl groups is 1. The molecule has 0 bridgehead atoms. The number of amidine groups is 1. The zero-order valence-electron chi connectivity index (χ0n) is 17.3. The minimum atomic E-state index is 0.104. The standard InChI is InChI=1S/C23H23N7O/c1-28-8-10-29(11-9-28)17-6-7-18-19(12-17)27-23(26-18)21-20(31)14-30(22(21)25)16-4-2-15(13-24)3-5-16/h2-7,12,25,31H,8-11,14H2,1H3,(H,26,27). The molecule has 0 spiro atoms. The largest absolute Gasteiger partial charge is 0.509 e. The molecule has 0 radical (unpaired) electrons. The number of nitrogens with zero attached hydrogens (tertiary/aromatic N) is 5. The highest BCUT2D eigenvalue weighted by Crippen LogP contribution is 2.31. The molecule has 1 fully saturated rings. The SMILES string of the molecule is CN1CCN(c2ccc3nc(C4=C(O)CN(c5ccc(C#N)cc5)C4=N)[nH]c3c2)CC1. The molecule has 2 aliphatic heterocycles. The molecule has 5 rings (SSSR count). The number of hydrogen-bond donors (Lipinski definition) is 3. The van der Waals surface area contributed by atoms with Crippen molar-refractivity contribution in [3.8, 4) is 6.07 Å². The van der Waals surface area contributed by atoms with E-state index in [9.17, 15) is 5.11 Å². The zero-order chi connectivity index (χ0) is 21.5. The van der Waals surface area contributed by atoms with E-state index < -0.39 is 0 Å². The first-order chi connectivity index (χ1) is 15.0. The molecule has 156 valence electrons. The van der Waals surface area contributed by atoms with Gasteiger partial charge in [-0.3, -0.25) is 5.41 Å². The maximum absolute atomic E-state index is 10.6. The molecule has 3 heterocycles. The van der Waals surface area contributed by atoms with E-state index in [0.29, 0.717) is 17.0 Å². The van der Waals surface area contributed by atoms with Crippen LogP contribution < -0.4 is 9.80 Å². The molecular weight excluding hydrogens is 390 g/mol. The Morgan fingerprint density at radius 1 is 1.06 bits per heavy atom. The summed E-state index contributed by atoms with van der Waals surface area (Å²) in [7, 11) is 2.14. The van der Waals surface area contributed by atoms with Gasteiger partial charge in [0.15, 0.2) is 0 Å². The Labute approximate surface area is 180 Å². The lowest BCUT2D eigenvalue weighted by Gasteiger charge is -2.34. The predicted molar refractivity (Wildman–Crippen MR) is 122 cm³/mol. The Hall–Kier alpha value is -3.83.